The number of thioether (sulfide) groups is 2. The predicted octanol–water partition coefficient (Wildman–Crippen LogP) is 6.38. The summed E-state index contributed by atoms with van der Waals surface area (Å²) in [6.07, 6.45) is 0. The number of nitrogens with zero attached hydrogens (tertiary/aromatic N) is 2. The number of ether oxygens (including phenoxy) is 1. The number of anilines is 2. The molecule has 0 saturated heterocycles. The Bertz CT molecular complexity index is 1300. The molecule has 2 N–H and O–H groups in total. The number of amides is 2. The van der Waals surface area contributed by atoms with Gasteiger partial charge in [-0.2, -0.15) is 9.36 Å². The lowest BCUT2D eigenvalue weighted by Gasteiger charge is -2.16. The first-order valence-corrected chi connectivity index (χ1v) is 13.7. The van der Waals surface area contributed by atoms with Crippen LogP contribution < -0.4 is 15.4 Å². The van der Waals surface area contributed by atoms with Gasteiger partial charge in [0.25, 0.3) is 5.91 Å². The summed E-state index contributed by atoms with van der Waals surface area (Å²) in [6, 6.07) is 23.9. The Morgan fingerprint density at radius 1 is 0.972 bits per heavy atom. The molecule has 184 valence electrons. The van der Waals surface area contributed by atoms with E-state index in [1.165, 1.54) is 35.1 Å². The van der Waals surface area contributed by atoms with Crippen molar-refractivity contribution in [3.63, 3.8) is 0 Å². The monoisotopic (exact) mass is 536 g/mol. The SMILES string of the molecule is CCSc1nsc(NC(=O)C(Sc2ccc(NC(=O)c3ccc(OC)cc3)cc2)c2ccccc2)n1. The Hall–Kier alpha value is -3.34. The highest BCUT2D eigenvalue weighted by molar-refractivity contribution is 8.00. The van der Waals surface area contributed by atoms with E-state index in [4.69, 9.17) is 4.74 Å². The fourth-order valence-corrected chi connectivity index (χ4v) is 5.52. The topological polar surface area (TPSA) is 93.2 Å². The zero-order valence-electron chi connectivity index (χ0n) is 19.6. The molecule has 0 saturated carbocycles. The highest BCUT2D eigenvalue weighted by atomic mass is 32.2. The lowest BCUT2D eigenvalue weighted by Crippen LogP contribution is -2.19. The summed E-state index contributed by atoms with van der Waals surface area (Å²) in [7, 11) is 1.58. The van der Waals surface area contributed by atoms with Crippen LogP contribution in [-0.2, 0) is 4.79 Å². The molecular formula is C26H24N4O3S3. The number of aromatic nitrogens is 2. The van der Waals surface area contributed by atoms with Crippen LogP contribution in [0.15, 0.2) is 88.9 Å². The Kier molecular flexibility index (Phi) is 8.99. The van der Waals surface area contributed by atoms with Gasteiger partial charge in [0.05, 0.1) is 7.11 Å². The van der Waals surface area contributed by atoms with Gasteiger partial charge in [-0.25, -0.2) is 0 Å². The Balaban J connectivity index is 1.45. The molecular weight excluding hydrogens is 513 g/mol. The normalized spacial score (nSPS) is 11.5. The van der Waals surface area contributed by atoms with Gasteiger partial charge in [-0.3, -0.25) is 14.9 Å². The van der Waals surface area contributed by atoms with Crippen molar-refractivity contribution in [3.05, 3.63) is 90.0 Å². The van der Waals surface area contributed by atoms with E-state index >= 15 is 0 Å². The minimum Gasteiger partial charge on any atom is -0.497 e. The van der Waals surface area contributed by atoms with Crippen molar-refractivity contribution in [2.75, 3.05) is 23.5 Å². The standard InChI is InChI=1S/C26H24N4O3S3/c1-3-34-26-29-25(36-30-26)28-24(32)22(17-7-5-4-6-8-17)35-21-15-11-19(12-16-21)27-23(31)18-9-13-20(33-2)14-10-18/h4-16,22H,3H2,1-2H3,(H,27,31)(H,28,29,30,32). The maximum Gasteiger partial charge on any atom is 0.255 e. The number of nitrogens with one attached hydrogen (secondary N) is 2. The number of methoxy groups -OCH3 is 1. The summed E-state index contributed by atoms with van der Waals surface area (Å²) in [4.78, 5) is 31.0. The zero-order chi connectivity index (χ0) is 25.3. The molecule has 1 unspecified atom stereocenters. The molecule has 0 bridgehead atoms. The average Bonchev–Trinajstić information content (AvgIpc) is 3.35. The van der Waals surface area contributed by atoms with Crippen LogP contribution in [-0.4, -0.2) is 34.0 Å². The first-order chi connectivity index (χ1) is 17.6. The summed E-state index contributed by atoms with van der Waals surface area (Å²) in [5.41, 5.74) is 2.08. The summed E-state index contributed by atoms with van der Waals surface area (Å²) in [5.74, 6) is 1.17. The maximum absolute atomic E-state index is 13.2. The van der Waals surface area contributed by atoms with Crippen molar-refractivity contribution in [3.8, 4) is 5.75 Å². The Morgan fingerprint density at radius 3 is 2.36 bits per heavy atom. The number of benzene rings is 3. The second-order valence-electron chi connectivity index (χ2n) is 7.42. The molecule has 4 rings (SSSR count). The number of hydrogen-bond acceptors (Lipinski definition) is 8. The third-order valence-corrected chi connectivity index (χ3v) is 7.71. The van der Waals surface area contributed by atoms with Crippen molar-refractivity contribution in [2.24, 2.45) is 0 Å². The van der Waals surface area contributed by atoms with Crippen LogP contribution in [0.2, 0.25) is 0 Å². The second kappa shape index (κ2) is 12.6. The first kappa shape index (κ1) is 25.7. The van der Waals surface area contributed by atoms with E-state index in [2.05, 4.69) is 20.0 Å². The molecule has 0 fully saturated rings. The molecule has 2 amide bonds. The van der Waals surface area contributed by atoms with E-state index < -0.39 is 5.25 Å². The van der Waals surface area contributed by atoms with Gasteiger partial charge in [0.1, 0.15) is 11.0 Å². The van der Waals surface area contributed by atoms with Gasteiger partial charge < -0.3 is 10.1 Å². The van der Waals surface area contributed by atoms with Crippen molar-refractivity contribution in [2.45, 2.75) is 22.2 Å². The predicted molar refractivity (Wildman–Crippen MR) is 147 cm³/mol. The maximum atomic E-state index is 13.2. The van der Waals surface area contributed by atoms with E-state index in [0.29, 0.717) is 27.3 Å². The molecule has 1 atom stereocenters. The summed E-state index contributed by atoms with van der Waals surface area (Å²) >= 11 is 4.13. The van der Waals surface area contributed by atoms with Crippen LogP contribution in [0.3, 0.4) is 0 Å². The van der Waals surface area contributed by atoms with Crippen molar-refractivity contribution >= 4 is 57.7 Å². The van der Waals surface area contributed by atoms with Crippen LogP contribution in [0, 0.1) is 0 Å². The van der Waals surface area contributed by atoms with Gasteiger partial charge in [0.15, 0.2) is 0 Å². The highest BCUT2D eigenvalue weighted by Crippen LogP contribution is 2.37. The van der Waals surface area contributed by atoms with Crippen molar-refractivity contribution in [1.82, 2.24) is 9.36 Å². The quantitative estimate of drug-likeness (QED) is 0.227. The second-order valence-corrected chi connectivity index (χ2v) is 10.6. The molecule has 36 heavy (non-hydrogen) atoms. The van der Waals surface area contributed by atoms with Crippen LogP contribution >= 0.6 is 35.1 Å². The van der Waals surface area contributed by atoms with E-state index in [9.17, 15) is 9.59 Å². The molecule has 0 aliphatic carbocycles. The van der Waals surface area contributed by atoms with Crippen LogP contribution in [0.1, 0.15) is 28.1 Å². The molecule has 0 aliphatic rings. The number of hydrogen-bond donors (Lipinski definition) is 2. The lowest BCUT2D eigenvalue weighted by atomic mass is 10.1. The summed E-state index contributed by atoms with van der Waals surface area (Å²) in [5, 5.41) is 6.45. The third kappa shape index (κ3) is 6.87. The molecule has 0 radical (unpaired) electrons. The van der Waals surface area contributed by atoms with Gasteiger partial charge in [0.2, 0.25) is 16.2 Å². The third-order valence-electron chi connectivity index (χ3n) is 4.97. The minimum absolute atomic E-state index is 0.174. The van der Waals surface area contributed by atoms with E-state index in [-0.39, 0.29) is 11.8 Å². The smallest absolute Gasteiger partial charge is 0.255 e. The fraction of sp³-hybridized carbons (Fsp3) is 0.154. The van der Waals surface area contributed by atoms with Gasteiger partial charge in [-0.05, 0) is 59.8 Å². The lowest BCUT2D eigenvalue weighted by molar-refractivity contribution is -0.115. The molecule has 4 aromatic rings. The van der Waals surface area contributed by atoms with Crippen molar-refractivity contribution < 1.29 is 14.3 Å². The van der Waals surface area contributed by atoms with Gasteiger partial charge >= 0.3 is 0 Å². The van der Waals surface area contributed by atoms with Gasteiger partial charge in [0, 0.05) is 27.7 Å². The minimum atomic E-state index is -0.489. The molecule has 10 heteroatoms. The Morgan fingerprint density at radius 2 is 1.69 bits per heavy atom. The summed E-state index contributed by atoms with van der Waals surface area (Å²) < 4.78 is 9.41. The first-order valence-electron chi connectivity index (χ1n) is 11.1. The van der Waals surface area contributed by atoms with Gasteiger partial charge in [-0.15, -0.1) is 11.8 Å². The van der Waals surface area contributed by atoms with E-state index in [1.54, 1.807) is 31.4 Å². The average molecular weight is 537 g/mol. The number of rotatable bonds is 10. The molecule has 7 nitrogen and oxygen atoms in total. The van der Waals surface area contributed by atoms with Crippen LogP contribution in [0.25, 0.3) is 0 Å². The van der Waals surface area contributed by atoms with Crippen molar-refractivity contribution in [1.29, 1.82) is 0 Å². The van der Waals surface area contributed by atoms with Gasteiger partial charge in [-0.1, -0.05) is 49.0 Å². The zero-order valence-corrected chi connectivity index (χ0v) is 22.1. The van der Waals surface area contributed by atoms with Crippen LogP contribution in [0.5, 0.6) is 5.75 Å². The Labute approximate surface area is 222 Å². The van der Waals surface area contributed by atoms with Crippen LogP contribution in [0.4, 0.5) is 10.8 Å². The molecule has 0 aliphatic heterocycles. The van der Waals surface area contributed by atoms with E-state index in [0.717, 1.165) is 16.2 Å². The summed E-state index contributed by atoms with van der Waals surface area (Å²) in [6.45, 7) is 2.03. The number of carbonyl (C=O) groups is 2. The molecule has 0 spiro atoms. The number of carbonyl (C=O) groups excluding carboxylic acids is 2. The largest absolute Gasteiger partial charge is 0.497 e. The molecule has 1 heterocycles. The molecule has 1 aromatic heterocycles. The highest BCUT2D eigenvalue weighted by Gasteiger charge is 2.23. The molecule has 3 aromatic carbocycles. The fourth-order valence-electron chi connectivity index (χ4n) is 3.22. The van der Waals surface area contributed by atoms with E-state index in [1.807, 2.05) is 61.5 Å².